The van der Waals surface area contributed by atoms with Gasteiger partial charge in [0.2, 0.25) is 0 Å². The molecule has 0 atom stereocenters. The van der Waals surface area contributed by atoms with E-state index in [4.69, 9.17) is 10.5 Å². The summed E-state index contributed by atoms with van der Waals surface area (Å²) in [5, 5.41) is 1.75. The molecule has 0 aliphatic heterocycles. The van der Waals surface area contributed by atoms with Crippen molar-refractivity contribution in [2.45, 2.75) is 168 Å². The number of rotatable bonds is 9. The van der Waals surface area contributed by atoms with Gasteiger partial charge < -0.3 is 10.5 Å². The molecule has 0 saturated heterocycles. The van der Waals surface area contributed by atoms with Gasteiger partial charge in [-0.3, -0.25) is 0 Å². The minimum atomic E-state index is -0.120. The fourth-order valence-electron chi connectivity index (χ4n) is 7.31. The topological polar surface area (TPSA) is 33.0 Å². The first-order valence-corrected chi connectivity index (χ1v) is 21.1. The second kappa shape index (κ2) is 24.4. The van der Waals surface area contributed by atoms with Crippen LogP contribution in [0.1, 0.15) is 167 Å². The van der Waals surface area contributed by atoms with Gasteiger partial charge in [-0.15, -0.1) is 19.0 Å². The number of benzene rings is 3. The molecule has 2 aliphatic rings. The molecule has 51 heavy (non-hydrogen) atoms. The Morgan fingerprint density at radius 2 is 1.22 bits per heavy atom. The quantitative estimate of drug-likeness (QED) is 0.156. The molecule has 5 rings (SSSR count). The van der Waals surface area contributed by atoms with Crippen molar-refractivity contribution in [2.75, 3.05) is 13.7 Å². The van der Waals surface area contributed by atoms with Crippen LogP contribution in [0.2, 0.25) is 0 Å². The van der Waals surface area contributed by atoms with Crippen LogP contribution in [0.4, 0.5) is 0 Å². The molecule has 2 fully saturated rings. The summed E-state index contributed by atoms with van der Waals surface area (Å²) in [5.41, 5.74) is 17.8. The first-order valence-electron chi connectivity index (χ1n) is 19.6. The van der Waals surface area contributed by atoms with Crippen LogP contribution in [0, 0.1) is 6.07 Å². The number of methoxy groups -OCH3 is 1. The molecule has 0 bridgehead atoms. The van der Waals surface area contributed by atoms with Crippen molar-refractivity contribution in [3.05, 3.63) is 94.7 Å². The van der Waals surface area contributed by atoms with Crippen molar-refractivity contribution >= 4 is 25.6 Å². The van der Waals surface area contributed by atoms with Crippen LogP contribution in [0.3, 0.4) is 0 Å². The average molecular weight is 827 g/mol. The molecule has 0 heterocycles. The fourth-order valence-corrected chi connectivity index (χ4v) is 11.3. The molecule has 3 aromatic rings. The zero-order valence-electron chi connectivity index (χ0n) is 33.7. The Balaban J connectivity index is 0.000000638. The van der Waals surface area contributed by atoms with Crippen LogP contribution in [0.25, 0.3) is 16.9 Å². The number of hydrogen-bond acceptors (Lipinski definition) is 1. The third-order valence-corrected chi connectivity index (χ3v) is 13.9. The van der Waals surface area contributed by atoms with Gasteiger partial charge in [-0.2, -0.15) is 0 Å². The van der Waals surface area contributed by atoms with Gasteiger partial charge in [-0.1, -0.05) is 149 Å². The zero-order valence-corrected chi connectivity index (χ0v) is 37.0. The van der Waals surface area contributed by atoms with Gasteiger partial charge in [-0.25, -0.2) is 0 Å². The Hall–Kier alpha value is -1.04. The molecule has 0 aromatic heterocycles. The molecular weight excluding hydrogens is 755 g/mol. The van der Waals surface area contributed by atoms with Crippen LogP contribution >= 0.6 is 20.3 Å². The first-order chi connectivity index (χ1) is 23.4. The Bertz CT molecular complexity index is 1310. The molecule has 289 valence electrons. The molecule has 2 saturated carbocycles. The summed E-state index contributed by atoms with van der Waals surface area (Å²) < 4.78 is 4.94. The average Bonchev–Trinajstić information content (AvgIpc) is 3.10. The van der Waals surface area contributed by atoms with Crippen LogP contribution in [-0.4, -0.2) is 30.6 Å². The van der Waals surface area contributed by atoms with Gasteiger partial charge in [0, 0.05) is 27.5 Å². The van der Waals surface area contributed by atoms with Gasteiger partial charge in [-0.05, 0) is 127 Å². The molecule has 0 unspecified atom stereocenters. The monoisotopic (exact) mass is 825 g/mol. The SMILES string of the molecule is CC(C)c1cc(C(C)C)c(-c2ccccc2P(C2CCCCC2)C2CCCCC2)c(C(C)C)c1.COC(C)(C)C.Cl.[NH-]CCc1[c]cccc1.[Pd]. The standard InChI is InChI=1S/C33H49P.C8H9N.C5H12O.ClH.Pd/c1-23(2)26-21-30(24(3)4)33(31(22-26)25(5)6)29-19-13-14-20-32(29)34(27-15-9-7-10-16-27)28-17-11-8-12-18-28;9-7-6-8-4-2-1-3-5-8;1-5(2,3)6-4;;/h13-14,19-25,27-28H,7-12,15-18H2,1-6H3;1-4,9H,6-7H2;1-4H3;1H;/q;-1;;;. The number of halogens is 1. The van der Waals surface area contributed by atoms with Gasteiger partial charge >= 0.3 is 0 Å². The molecular formula is C46H71ClNOPPd-. The Morgan fingerprint density at radius 3 is 1.61 bits per heavy atom. The van der Waals surface area contributed by atoms with Gasteiger partial charge in [0.1, 0.15) is 0 Å². The zero-order chi connectivity index (χ0) is 36.0. The molecule has 5 heteroatoms. The first kappa shape index (κ1) is 48.0. The molecule has 3 aromatic carbocycles. The normalized spacial score (nSPS) is 15.4. The fraction of sp³-hybridized carbons (Fsp3) is 0.609. The maximum atomic E-state index is 6.92. The number of nitrogens with one attached hydrogen (secondary N) is 1. The van der Waals surface area contributed by atoms with Crippen molar-refractivity contribution in [1.82, 2.24) is 0 Å². The summed E-state index contributed by atoms with van der Waals surface area (Å²) in [7, 11) is 1.59. The molecule has 0 spiro atoms. The van der Waals surface area contributed by atoms with Crippen molar-refractivity contribution in [1.29, 1.82) is 0 Å². The van der Waals surface area contributed by atoms with E-state index in [1.54, 1.807) is 34.7 Å². The summed E-state index contributed by atoms with van der Waals surface area (Å²) in [5.74, 6) is 1.64. The Kier molecular flexibility index (Phi) is 22.9. The van der Waals surface area contributed by atoms with Crippen molar-refractivity contribution < 1.29 is 25.2 Å². The van der Waals surface area contributed by atoms with Crippen LogP contribution in [0.15, 0.2) is 60.7 Å². The van der Waals surface area contributed by atoms with E-state index >= 15 is 0 Å². The van der Waals surface area contributed by atoms with Crippen LogP contribution in [0.5, 0.6) is 0 Å². The minimum Gasteiger partial charge on any atom is -0.677 e. The van der Waals surface area contributed by atoms with E-state index in [1.165, 1.54) is 69.8 Å². The second-order valence-electron chi connectivity index (χ2n) is 16.3. The van der Waals surface area contributed by atoms with Gasteiger partial charge in [0.15, 0.2) is 0 Å². The molecule has 2 aliphatic carbocycles. The third kappa shape index (κ3) is 15.3. The van der Waals surface area contributed by atoms with Crippen molar-refractivity contribution in [3.8, 4) is 11.1 Å². The smallest absolute Gasteiger partial charge is 0.0594 e. The number of ether oxygens (including phenoxy) is 1. The van der Waals surface area contributed by atoms with Crippen molar-refractivity contribution in [2.24, 2.45) is 0 Å². The summed E-state index contributed by atoms with van der Waals surface area (Å²) in [6.45, 7) is 20.8. The maximum Gasteiger partial charge on any atom is 0.0594 e. The predicted octanol–water partition coefficient (Wildman–Crippen LogP) is 14.4. The van der Waals surface area contributed by atoms with Crippen molar-refractivity contribution in [3.63, 3.8) is 0 Å². The number of hydrogen-bond donors (Lipinski definition) is 0. The van der Waals surface area contributed by atoms with E-state index in [-0.39, 0.29) is 46.4 Å². The second-order valence-corrected chi connectivity index (χ2v) is 19.0. The summed E-state index contributed by atoms with van der Waals surface area (Å²) in [4.78, 5) is 0. The molecule has 2 nitrogen and oxygen atoms in total. The van der Waals surface area contributed by atoms with E-state index in [9.17, 15) is 0 Å². The molecule has 1 N–H and O–H groups in total. The summed E-state index contributed by atoms with van der Waals surface area (Å²) in [6, 6.07) is 25.7. The Labute approximate surface area is 336 Å². The van der Waals surface area contributed by atoms with Crippen LogP contribution in [-0.2, 0) is 31.6 Å². The van der Waals surface area contributed by atoms with E-state index in [0.29, 0.717) is 24.3 Å². The van der Waals surface area contributed by atoms with E-state index in [2.05, 4.69) is 84.0 Å². The van der Waals surface area contributed by atoms with Gasteiger partial charge in [0.25, 0.3) is 0 Å². The predicted molar refractivity (Wildman–Crippen MR) is 227 cm³/mol. The van der Waals surface area contributed by atoms with Crippen LogP contribution < -0.4 is 5.30 Å². The van der Waals surface area contributed by atoms with Gasteiger partial charge in [0.05, 0.1) is 5.60 Å². The van der Waals surface area contributed by atoms with E-state index in [0.717, 1.165) is 23.3 Å². The Morgan fingerprint density at radius 1 is 0.745 bits per heavy atom. The maximum absolute atomic E-state index is 6.92. The molecule has 0 amide bonds. The molecule has 1 radical (unpaired) electrons. The van der Waals surface area contributed by atoms with E-state index in [1.807, 2.05) is 45.0 Å². The summed E-state index contributed by atoms with van der Waals surface area (Å²) >= 11 is 0. The third-order valence-electron chi connectivity index (χ3n) is 10.3. The summed E-state index contributed by atoms with van der Waals surface area (Å²) in [6.07, 6.45) is 15.4. The minimum absolute atomic E-state index is 0. The van der Waals surface area contributed by atoms with E-state index < -0.39 is 0 Å². The largest absolute Gasteiger partial charge is 0.677 e.